The first kappa shape index (κ1) is 26.4. The van der Waals surface area contributed by atoms with Gasteiger partial charge in [0.1, 0.15) is 0 Å². The van der Waals surface area contributed by atoms with Crippen molar-refractivity contribution in [3.05, 3.63) is 59.8 Å². The monoisotopic (exact) mass is 644 g/mol. The Hall–Kier alpha value is -1.67. The van der Waals surface area contributed by atoms with Crippen LogP contribution < -0.4 is 21.5 Å². The molecule has 9 nitrogen and oxygen atoms in total. The topological polar surface area (TPSA) is 163 Å². The zero-order valence-corrected chi connectivity index (χ0v) is 22.2. The van der Waals surface area contributed by atoms with Crippen LogP contribution in [0.15, 0.2) is 58.4 Å². The number of nitrogens with one attached hydrogen (secondary N) is 3. The summed E-state index contributed by atoms with van der Waals surface area (Å²) in [6.07, 6.45) is 0.789. The maximum absolute atomic E-state index is 12.5. The molecule has 159 valence electrons. The van der Waals surface area contributed by atoms with E-state index in [1.807, 2.05) is 0 Å². The molecular formula is C19H25AcN6O3S-. The second-order valence-electron chi connectivity index (χ2n) is 6.44. The first-order chi connectivity index (χ1) is 13.7. The number of guanidine groups is 1. The van der Waals surface area contributed by atoms with Crippen molar-refractivity contribution in [1.29, 1.82) is 0 Å². The van der Waals surface area contributed by atoms with E-state index in [1.165, 1.54) is 18.2 Å². The summed E-state index contributed by atoms with van der Waals surface area (Å²) in [5, 5.41) is 2.68. The molecule has 2 aromatic carbocycles. The zero-order chi connectivity index (χ0) is 21.4. The Morgan fingerprint density at radius 1 is 1.17 bits per heavy atom. The third-order valence-electron chi connectivity index (χ3n) is 4.06. The molecule has 2 aromatic rings. The van der Waals surface area contributed by atoms with Crippen molar-refractivity contribution in [2.24, 2.45) is 16.5 Å². The van der Waals surface area contributed by atoms with Gasteiger partial charge in [0.2, 0.25) is 5.91 Å². The molecule has 0 fully saturated rings. The summed E-state index contributed by atoms with van der Waals surface area (Å²) in [4.78, 5) is 16.2. The molecule has 2 rings (SSSR count). The fourth-order valence-electron chi connectivity index (χ4n) is 2.49. The van der Waals surface area contributed by atoms with Crippen molar-refractivity contribution in [3.8, 4) is 0 Å². The number of hydrogen-bond acceptors (Lipinski definition) is 4. The van der Waals surface area contributed by atoms with Gasteiger partial charge in [0.05, 0.1) is 10.6 Å². The van der Waals surface area contributed by atoms with Gasteiger partial charge >= 0.3 is 0 Å². The van der Waals surface area contributed by atoms with Gasteiger partial charge in [-0.05, 0) is 43.2 Å². The van der Waals surface area contributed by atoms with Crippen molar-refractivity contribution < 1.29 is 57.3 Å². The van der Waals surface area contributed by atoms with E-state index in [4.69, 9.17) is 17.2 Å². The Balaban J connectivity index is 0.00000450. The number of aliphatic imine (C=N–C) groups is 1. The molecule has 0 heterocycles. The molecule has 30 heavy (non-hydrogen) atoms. The summed E-state index contributed by atoms with van der Waals surface area (Å²) in [7, 11) is -3.74. The molecule has 1 unspecified atom stereocenters. The number of anilines is 2. The van der Waals surface area contributed by atoms with Crippen LogP contribution in [-0.4, -0.2) is 32.9 Å². The predicted octanol–water partition coefficient (Wildman–Crippen LogP) is 2.21. The number of aryl methyl sites for hydroxylation is 1. The van der Waals surface area contributed by atoms with E-state index in [1.54, 1.807) is 37.3 Å². The van der Waals surface area contributed by atoms with Crippen LogP contribution >= 0.6 is 0 Å². The molecule has 0 aliphatic carbocycles. The molecule has 1 amide bonds. The molecule has 1 atom stereocenters. The largest absolute Gasteiger partial charge is 0.667 e. The summed E-state index contributed by atoms with van der Waals surface area (Å²) in [6.45, 7) is 2.13. The first-order valence-corrected chi connectivity index (χ1v) is 10.4. The number of rotatable bonds is 9. The van der Waals surface area contributed by atoms with Crippen molar-refractivity contribution in [3.63, 3.8) is 0 Å². The molecule has 0 bridgehead atoms. The van der Waals surface area contributed by atoms with Gasteiger partial charge in [-0.15, -0.1) is 0 Å². The average molecular weight is 645 g/mol. The summed E-state index contributed by atoms with van der Waals surface area (Å²) < 4.78 is 27.4. The Kier molecular flexibility index (Phi) is 10.8. The number of carbonyl (C=O) groups is 1. The zero-order valence-electron chi connectivity index (χ0n) is 16.6. The minimum atomic E-state index is -3.74. The molecule has 11 heteroatoms. The number of sulfonamides is 1. The van der Waals surface area contributed by atoms with Gasteiger partial charge in [0.25, 0.3) is 10.0 Å². The third kappa shape index (κ3) is 8.22. The summed E-state index contributed by atoms with van der Waals surface area (Å²) in [5.41, 5.74) is 19.9. The van der Waals surface area contributed by atoms with Crippen LogP contribution in [0.1, 0.15) is 18.4 Å². The fourth-order valence-corrected chi connectivity index (χ4v) is 3.56. The number of nitrogens with two attached hydrogens (primary N) is 2. The molecule has 0 saturated carbocycles. The van der Waals surface area contributed by atoms with E-state index in [-0.39, 0.29) is 54.9 Å². The van der Waals surface area contributed by atoms with Crippen LogP contribution in [0.5, 0.6) is 0 Å². The van der Waals surface area contributed by atoms with Gasteiger partial charge in [-0.3, -0.25) is 14.5 Å². The SMILES string of the molecule is Cc1ccc(NS(=O)(=O)c2ccccc2)cc1NC(=O)C([NH-])CCCN=C(N)N.[Ac]. The van der Waals surface area contributed by atoms with Gasteiger partial charge in [0, 0.05) is 56.3 Å². The van der Waals surface area contributed by atoms with Gasteiger partial charge in [-0.25, -0.2) is 8.42 Å². The Bertz CT molecular complexity index is 979. The third-order valence-corrected chi connectivity index (χ3v) is 5.46. The van der Waals surface area contributed by atoms with E-state index in [2.05, 4.69) is 15.0 Å². The summed E-state index contributed by atoms with van der Waals surface area (Å²) >= 11 is 0. The van der Waals surface area contributed by atoms with Crippen LogP contribution in [0.2, 0.25) is 0 Å². The van der Waals surface area contributed by atoms with Crippen molar-refractivity contribution >= 4 is 33.3 Å². The molecule has 0 spiro atoms. The van der Waals surface area contributed by atoms with E-state index in [0.717, 1.165) is 5.56 Å². The Labute approximate surface area is 212 Å². The van der Waals surface area contributed by atoms with Crippen LogP contribution in [0.3, 0.4) is 0 Å². The van der Waals surface area contributed by atoms with Gasteiger partial charge in [-0.1, -0.05) is 36.7 Å². The number of carbonyl (C=O) groups excluding carboxylic acids is 1. The number of hydrogen-bond donors (Lipinski definition) is 4. The number of nitrogens with zero attached hydrogens (tertiary/aromatic N) is 1. The first-order valence-electron chi connectivity index (χ1n) is 8.95. The second-order valence-corrected chi connectivity index (χ2v) is 8.12. The Morgan fingerprint density at radius 2 is 1.83 bits per heavy atom. The van der Waals surface area contributed by atoms with Gasteiger partial charge < -0.3 is 22.5 Å². The van der Waals surface area contributed by atoms with Gasteiger partial charge in [-0.2, -0.15) is 0 Å². The van der Waals surface area contributed by atoms with E-state index >= 15 is 0 Å². The molecule has 0 aliphatic heterocycles. The summed E-state index contributed by atoms with van der Waals surface area (Å²) in [6, 6.07) is 11.8. The number of benzene rings is 2. The van der Waals surface area contributed by atoms with E-state index in [9.17, 15) is 13.2 Å². The minimum Gasteiger partial charge on any atom is -0.667 e. The van der Waals surface area contributed by atoms with Crippen molar-refractivity contribution in [2.45, 2.75) is 30.7 Å². The maximum atomic E-state index is 12.5. The summed E-state index contributed by atoms with van der Waals surface area (Å²) in [5.74, 6) is -0.512. The molecular weight excluding hydrogens is 619 g/mol. The van der Waals surface area contributed by atoms with Crippen LogP contribution in [0.4, 0.5) is 11.4 Å². The van der Waals surface area contributed by atoms with E-state index in [0.29, 0.717) is 30.8 Å². The molecule has 7 N–H and O–H groups in total. The number of amides is 1. The quantitative estimate of drug-likeness (QED) is 0.187. The fraction of sp³-hybridized carbons (Fsp3) is 0.263. The minimum absolute atomic E-state index is 0. The molecule has 0 aliphatic rings. The van der Waals surface area contributed by atoms with Crippen molar-refractivity contribution in [1.82, 2.24) is 0 Å². The van der Waals surface area contributed by atoms with Crippen LogP contribution in [-0.2, 0) is 14.8 Å². The molecule has 0 aromatic heterocycles. The predicted molar refractivity (Wildman–Crippen MR) is 115 cm³/mol. The van der Waals surface area contributed by atoms with Crippen molar-refractivity contribution in [2.75, 3.05) is 16.6 Å². The second kappa shape index (κ2) is 12.2. The van der Waals surface area contributed by atoms with Crippen LogP contribution in [0, 0.1) is 51.0 Å². The molecule has 0 saturated heterocycles. The molecule has 1 radical (unpaired) electrons. The standard InChI is InChI=1S/C19H25N6O3S.Ac/c1-13-9-10-14(25-29(27,28)15-6-3-2-4-7-15)12-17(13)24-18(26)16(20)8-5-11-23-19(21)22;/h2-4,6-7,9-10,12,16,20,25H,5,8,11H2,1H3,(H,24,26)(H4,21,22,23);/q-1;. The Morgan fingerprint density at radius 3 is 2.47 bits per heavy atom. The maximum Gasteiger partial charge on any atom is 0.261 e. The van der Waals surface area contributed by atoms with Gasteiger partial charge in [0.15, 0.2) is 5.96 Å². The van der Waals surface area contributed by atoms with Crippen LogP contribution in [0.25, 0.3) is 5.73 Å². The normalized spacial score (nSPS) is 11.7. The smallest absolute Gasteiger partial charge is 0.261 e. The van der Waals surface area contributed by atoms with E-state index < -0.39 is 22.0 Å². The average Bonchev–Trinajstić information content (AvgIpc) is 2.68.